The minimum Gasteiger partial charge on any atom is -0.383 e. The van der Waals surface area contributed by atoms with Gasteiger partial charge in [0.25, 0.3) is 5.91 Å². The molecule has 3 atom stereocenters. The first kappa shape index (κ1) is 29.8. The summed E-state index contributed by atoms with van der Waals surface area (Å²) in [7, 11) is 0. The normalized spacial score (nSPS) is 21.9. The second-order valence-corrected chi connectivity index (χ2v) is 11.5. The van der Waals surface area contributed by atoms with E-state index in [1.807, 2.05) is 4.68 Å². The van der Waals surface area contributed by atoms with Gasteiger partial charge in [-0.25, -0.2) is 9.97 Å². The minimum absolute atomic E-state index is 0.0448. The zero-order valence-corrected chi connectivity index (χ0v) is 24.0. The van der Waals surface area contributed by atoms with E-state index in [1.54, 1.807) is 30.5 Å². The molecule has 0 saturated heterocycles. The summed E-state index contributed by atoms with van der Waals surface area (Å²) in [6, 6.07) is 8.34. The fourth-order valence-electron chi connectivity index (χ4n) is 6.17. The summed E-state index contributed by atoms with van der Waals surface area (Å²) in [5, 5.41) is 22.4. The minimum atomic E-state index is -4.55. The van der Waals surface area contributed by atoms with E-state index in [0.717, 1.165) is 80.9 Å². The third-order valence-corrected chi connectivity index (χ3v) is 8.46. The largest absolute Gasteiger partial charge is 0.416 e. The van der Waals surface area contributed by atoms with Gasteiger partial charge < -0.3 is 16.2 Å². The van der Waals surface area contributed by atoms with Crippen molar-refractivity contribution in [3.05, 3.63) is 71.6 Å². The topological polar surface area (TPSA) is 131 Å². The molecule has 5 N–H and O–H groups in total. The maximum absolute atomic E-state index is 13.1. The third-order valence-electron chi connectivity index (χ3n) is 8.46. The Hall–Kier alpha value is -4.29. The lowest BCUT2D eigenvalue weighted by atomic mass is 9.84. The van der Waals surface area contributed by atoms with E-state index < -0.39 is 23.9 Å². The molecule has 9 nitrogen and oxygen atoms in total. The molecule has 1 saturated carbocycles. The molecule has 1 aliphatic carbocycles. The number of alkyl halides is 3. The van der Waals surface area contributed by atoms with Crippen molar-refractivity contribution >= 4 is 34.5 Å². The van der Waals surface area contributed by atoms with Gasteiger partial charge in [0.1, 0.15) is 23.6 Å². The predicted molar refractivity (Wildman–Crippen MR) is 162 cm³/mol. The van der Waals surface area contributed by atoms with Crippen molar-refractivity contribution in [1.82, 2.24) is 25.1 Å². The molecule has 230 valence electrons. The molecule has 2 aliphatic rings. The fourth-order valence-corrected chi connectivity index (χ4v) is 6.17. The standard InChI is InChI=1S/C32H34F3N7O2/c33-32(34,35)23-13-15-37-25(17-23)40-31(44)20-11-9-19(10-12-20)27-26-28-22(18-39-29(26)36)6-3-1-2-4-14-38-30(43)21-7-5-8-24(16-21)42(28)41-27/h3,6,9-13,15,17-18,21,24,30,38,43H,1-2,4-5,7-8,14,16H2,(H2,36,39)(H,37,40,44)/b6-3+/t21?,24-,30?/m1/s1. The van der Waals surface area contributed by atoms with Crippen LogP contribution in [-0.2, 0) is 6.18 Å². The number of carbonyl (C=O) groups is 1. The maximum atomic E-state index is 13.1. The highest BCUT2D eigenvalue weighted by molar-refractivity contribution is 6.06. The monoisotopic (exact) mass is 605 g/mol. The van der Waals surface area contributed by atoms with Crippen LogP contribution in [0.1, 0.15) is 72.5 Å². The highest BCUT2D eigenvalue weighted by atomic mass is 19.4. The van der Waals surface area contributed by atoms with Crippen LogP contribution >= 0.6 is 0 Å². The molecule has 1 aromatic carbocycles. The van der Waals surface area contributed by atoms with E-state index in [1.165, 1.54) is 0 Å². The van der Waals surface area contributed by atoms with Crippen LogP contribution in [0.4, 0.5) is 24.8 Å². The van der Waals surface area contributed by atoms with Crippen LogP contribution in [0.5, 0.6) is 0 Å². The van der Waals surface area contributed by atoms with Crippen LogP contribution in [0.15, 0.2) is 54.9 Å². The lowest BCUT2D eigenvalue weighted by molar-refractivity contribution is -0.137. The molecule has 1 aliphatic heterocycles. The van der Waals surface area contributed by atoms with E-state index in [4.69, 9.17) is 10.8 Å². The van der Waals surface area contributed by atoms with E-state index in [-0.39, 0.29) is 23.3 Å². The van der Waals surface area contributed by atoms with Gasteiger partial charge in [-0.3, -0.25) is 14.8 Å². The second kappa shape index (κ2) is 12.4. The molecule has 1 fully saturated rings. The SMILES string of the molecule is Nc1ncc2c3c1c(-c1ccc(C(=O)Nc4cc(C(F)(F)F)ccn4)cc1)nn3[C@@H]1CCCC(C1)C(O)NCCCC/C=C/2. The average Bonchev–Trinajstić information content (AvgIpc) is 3.43. The number of aliphatic hydroxyl groups is 1. The van der Waals surface area contributed by atoms with E-state index in [2.05, 4.69) is 32.8 Å². The summed E-state index contributed by atoms with van der Waals surface area (Å²) < 4.78 is 41.3. The summed E-state index contributed by atoms with van der Waals surface area (Å²) in [5.74, 6) is -0.350. The number of allylic oxidation sites excluding steroid dienone is 1. The number of benzene rings is 1. The van der Waals surface area contributed by atoms with Crippen molar-refractivity contribution in [3.63, 3.8) is 0 Å². The molecular weight excluding hydrogens is 571 g/mol. The highest BCUT2D eigenvalue weighted by Gasteiger charge is 2.32. The Bertz CT molecular complexity index is 1680. The first-order valence-corrected chi connectivity index (χ1v) is 14.9. The van der Waals surface area contributed by atoms with Gasteiger partial charge in [-0.15, -0.1) is 0 Å². The predicted octanol–water partition coefficient (Wildman–Crippen LogP) is 6.18. The van der Waals surface area contributed by atoms with Crippen molar-refractivity contribution in [3.8, 4) is 11.3 Å². The third kappa shape index (κ3) is 6.18. The second-order valence-electron chi connectivity index (χ2n) is 11.5. The molecule has 6 rings (SSSR count). The van der Waals surface area contributed by atoms with Crippen LogP contribution in [0.3, 0.4) is 0 Å². The number of hydrogen-bond acceptors (Lipinski definition) is 7. The summed E-state index contributed by atoms with van der Waals surface area (Å²) in [6.45, 7) is 0.769. The number of halogens is 3. The van der Waals surface area contributed by atoms with E-state index >= 15 is 0 Å². The van der Waals surface area contributed by atoms with Crippen molar-refractivity contribution in [2.75, 3.05) is 17.6 Å². The first-order valence-electron chi connectivity index (χ1n) is 14.9. The quantitative estimate of drug-likeness (QED) is 0.219. The number of fused-ring (bicyclic) bond motifs is 3. The zero-order chi connectivity index (χ0) is 30.8. The van der Waals surface area contributed by atoms with Gasteiger partial charge in [-0.05, 0) is 69.3 Å². The number of nitrogens with zero attached hydrogens (tertiary/aromatic N) is 4. The Morgan fingerprint density at radius 1 is 1.09 bits per heavy atom. The van der Waals surface area contributed by atoms with Crippen molar-refractivity contribution in [1.29, 1.82) is 0 Å². The molecule has 4 aromatic rings. The number of anilines is 2. The Labute approximate surface area is 252 Å². The number of carbonyl (C=O) groups excluding carboxylic acids is 1. The first-order chi connectivity index (χ1) is 21.2. The lowest BCUT2D eigenvalue weighted by Crippen LogP contribution is -2.39. The number of nitrogens with one attached hydrogen (secondary N) is 2. The van der Waals surface area contributed by atoms with Gasteiger partial charge in [0.2, 0.25) is 0 Å². The lowest BCUT2D eigenvalue weighted by Gasteiger charge is -2.33. The van der Waals surface area contributed by atoms with Gasteiger partial charge in [0, 0.05) is 35.0 Å². The molecule has 0 spiro atoms. The van der Waals surface area contributed by atoms with Crippen LogP contribution in [0, 0.1) is 5.92 Å². The molecule has 2 unspecified atom stereocenters. The molecular formula is C32H34F3N7O2. The number of aliphatic hydroxyl groups excluding tert-OH is 1. The molecule has 3 aromatic heterocycles. The van der Waals surface area contributed by atoms with Gasteiger partial charge >= 0.3 is 6.18 Å². The van der Waals surface area contributed by atoms with E-state index in [9.17, 15) is 23.1 Å². The number of nitrogen functional groups attached to an aromatic ring is 1. The number of pyridine rings is 2. The molecule has 2 bridgehead atoms. The Balaban J connectivity index is 1.36. The Kier molecular flexibility index (Phi) is 8.37. The Morgan fingerprint density at radius 3 is 2.70 bits per heavy atom. The highest BCUT2D eigenvalue weighted by Crippen LogP contribution is 2.40. The van der Waals surface area contributed by atoms with Gasteiger partial charge in [0.15, 0.2) is 0 Å². The van der Waals surface area contributed by atoms with Gasteiger partial charge in [-0.2, -0.15) is 18.3 Å². The maximum Gasteiger partial charge on any atom is 0.416 e. The summed E-state index contributed by atoms with van der Waals surface area (Å²) >= 11 is 0. The van der Waals surface area contributed by atoms with Crippen LogP contribution < -0.4 is 16.4 Å². The van der Waals surface area contributed by atoms with Crippen molar-refractivity contribution < 1.29 is 23.1 Å². The number of aromatic nitrogens is 4. The molecule has 44 heavy (non-hydrogen) atoms. The summed E-state index contributed by atoms with van der Waals surface area (Å²) in [6.07, 6.45) is 8.26. The fraction of sp³-hybridized carbons (Fsp3) is 0.375. The smallest absolute Gasteiger partial charge is 0.383 e. The van der Waals surface area contributed by atoms with Gasteiger partial charge in [-0.1, -0.05) is 30.7 Å². The number of amides is 1. The molecule has 4 heterocycles. The van der Waals surface area contributed by atoms with Crippen molar-refractivity contribution in [2.24, 2.45) is 5.92 Å². The molecule has 0 radical (unpaired) electrons. The number of nitrogens with two attached hydrogens (primary N) is 1. The van der Waals surface area contributed by atoms with Crippen LogP contribution in [-0.4, -0.2) is 43.5 Å². The van der Waals surface area contributed by atoms with E-state index in [0.29, 0.717) is 22.5 Å². The average molecular weight is 606 g/mol. The molecule has 1 amide bonds. The number of rotatable bonds is 3. The van der Waals surface area contributed by atoms with Crippen LogP contribution in [0.25, 0.3) is 28.2 Å². The number of hydrogen-bond donors (Lipinski definition) is 4. The van der Waals surface area contributed by atoms with Crippen LogP contribution in [0.2, 0.25) is 0 Å². The Morgan fingerprint density at radius 2 is 1.91 bits per heavy atom. The summed E-state index contributed by atoms with van der Waals surface area (Å²) in [5.41, 5.74) is 8.96. The molecule has 12 heteroatoms. The van der Waals surface area contributed by atoms with Crippen molar-refractivity contribution in [2.45, 2.75) is 63.4 Å². The van der Waals surface area contributed by atoms with Gasteiger partial charge in [0.05, 0.1) is 22.5 Å². The zero-order valence-electron chi connectivity index (χ0n) is 24.0. The summed E-state index contributed by atoms with van der Waals surface area (Å²) in [4.78, 5) is 21.2.